The predicted molar refractivity (Wildman–Crippen MR) is 91.8 cm³/mol. The SMILES string of the molecule is CC(c1cncc(F)c1)n1ncc2ncc(Nc3cc(OC(F)F)n[nH]3)nc21. The van der Waals surface area contributed by atoms with Gasteiger partial charge in [0.2, 0.25) is 5.88 Å². The summed E-state index contributed by atoms with van der Waals surface area (Å²) < 4.78 is 43.7. The van der Waals surface area contributed by atoms with E-state index < -0.39 is 12.4 Å². The molecule has 1 unspecified atom stereocenters. The van der Waals surface area contributed by atoms with Crippen molar-refractivity contribution in [2.75, 3.05) is 5.32 Å². The Morgan fingerprint density at radius 1 is 1.18 bits per heavy atom. The van der Waals surface area contributed by atoms with Gasteiger partial charge in [0, 0.05) is 12.3 Å². The fourth-order valence-corrected chi connectivity index (χ4v) is 2.62. The lowest BCUT2D eigenvalue weighted by molar-refractivity contribution is -0.0528. The second kappa shape index (κ2) is 7.13. The lowest BCUT2D eigenvalue weighted by Gasteiger charge is -2.13. The number of aromatic nitrogens is 7. The van der Waals surface area contributed by atoms with Crippen molar-refractivity contribution < 1.29 is 17.9 Å². The third-order valence-electron chi connectivity index (χ3n) is 3.91. The molecule has 28 heavy (non-hydrogen) atoms. The Balaban J connectivity index is 1.62. The zero-order valence-electron chi connectivity index (χ0n) is 14.3. The molecule has 4 aromatic heterocycles. The molecule has 0 aliphatic heterocycles. The van der Waals surface area contributed by atoms with Gasteiger partial charge in [0.1, 0.15) is 17.2 Å². The number of alkyl halides is 2. The van der Waals surface area contributed by atoms with E-state index in [2.05, 4.69) is 40.3 Å². The van der Waals surface area contributed by atoms with Crippen LogP contribution in [0.15, 0.2) is 36.9 Å². The highest BCUT2D eigenvalue weighted by Crippen LogP contribution is 2.23. The van der Waals surface area contributed by atoms with E-state index in [1.165, 1.54) is 18.3 Å². The molecule has 9 nitrogen and oxygen atoms in total. The number of aromatic amines is 1. The molecule has 0 amide bonds. The predicted octanol–water partition coefficient (Wildman–Crippen LogP) is 3.04. The second-order valence-electron chi connectivity index (χ2n) is 5.79. The number of fused-ring (bicyclic) bond motifs is 1. The average molecular weight is 390 g/mol. The first-order chi connectivity index (χ1) is 13.5. The molecular formula is C16H13F3N8O. The van der Waals surface area contributed by atoms with Gasteiger partial charge < -0.3 is 10.1 Å². The van der Waals surface area contributed by atoms with E-state index in [-0.39, 0.29) is 17.7 Å². The van der Waals surface area contributed by atoms with Crippen LogP contribution in [-0.4, -0.2) is 41.5 Å². The topological polar surface area (TPSA) is 106 Å². The summed E-state index contributed by atoms with van der Waals surface area (Å²) in [6, 6.07) is 2.29. The minimum Gasteiger partial charge on any atom is -0.415 e. The van der Waals surface area contributed by atoms with Crippen LogP contribution in [0.4, 0.5) is 24.8 Å². The second-order valence-corrected chi connectivity index (χ2v) is 5.79. The summed E-state index contributed by atoms with van der Waals surface area (Å²) in [6.07, 6.45) is 5.67. The first-order valence-electron chi connectivity index (χ1n) is 8.07. The van der Waals surface area contributed by atoms with Crippen LogP contribution < -0.4 is 10.1 Å². The Hall–Kier alpha value is -3.70. The third kappa shape index (κ3) is 3.56. The molecular weight excluding hydrogens is 377 g/mol. The first kappa shape index (κ1) is 17.7. The number of hydrogen-bond donors (Lipinski definition) is 2. The summed E-state index contributed by atoms with van der Waals surface area (Å²) in [5.41, 5.74) is 1.60. The number of nitrogens with zero attached hydrogens (tertiary/aromatic N) is 6. The van der Waals surface area contributed by atoms with Gasteiger partial charge in [0.25, 0.3) is 0 Å². The number of pyridine rings is 1. The molecule has 0 aliphatic carbocycles. The number of nitrogens with one attached hydrogen (secondary N) is 2. The third-order valence-corrected chi connectivity index (χ3v) is 3.91. The van der Waals surface area contributed by atoms with Crippen LogP contribution in [0.5, 0.6) is 5.88 Å². The molecule has 0 aliphatic rings. The van der Waals surface area contributed by atoms with Gasteiger partial charge in [-0.25, -0.2) is 19.0 Å². The molecule has 0 fully saturated rings. The van der Waals surface area contributed by atoms with E-state index in [4.69, 9.17) is 0 Å². The lowest BCUT2D eigenvalue weighted by atomic mass is 10.1. The van der Waals surface area contributed by atoms with Gasteiger partial charge in [0.15, 0.2) is 11.5 Å². The molecule has 4 heterocycles. The van der Waals surface area contributed by atoms with Crippen molar-refractivity contribution in [2.24, 2.45) is 0 Å². The van der Waals surface area contributed by atoms with Crippen LogP contribution in [0.2, 0.25) is 0 Å². The van der Waals surface area contributed by atoms with Crippen molar-refractivity contribution in [1.29, 1.82) is 0 Å². The molecule has 1 atom stereocenters. The highest BCUT2D eigenvalue weighted by atomic mass is 19.3. The van der Waals surface area contributed by atoms with Gasteiger partial charge >= 0.3 is 6.61 Å². The maximum Gasteiger partial charge on any atom is 0.388 e. The highest BCUT2D eigenvalue weighted by Gasteiger charge is 2.16. The molecule has 144 valence electrons. The Bertz CT molecular complexity index is 1110. The largest absolute Gasteiger partial charge is 0.415 e. The lowest BCUT2D eigenvalue weighted by Crippen LogP contribution is -2.10. The molecule has 12 heteroatoms. The summed E-state index contributed by atoms with van der Waals surface area (Å²) >= 11 is 0. The van der Waals surface area contributed by atoms with Crippen molar-refractivity contribution >= 4 is 22.8 Å². The summed E-state index contributed by atoms with van der Waals surface area (Å²) in [5, 5.41) is 13.3. The summed E-state index contributed by atoms with van der Waals surface area (Å²) in [6.45, 7) is -1.14. The Morgan fingerprint density at radius 3 is 2.82 bits per heavy atom. The fourth-order valence-electron chi connectivity index (χ4n) is 2.62. The zero-order valence-corrected chi connectivity index (χ0v) is 14.3. The molecule has 0 radical (unpaired) electrons. The van der Waals surface area contributed by atoms with Gasteiger partial charge in [-0.05, 0) is 18.6 Å². The van der Waals surface area contributed by atoms with Crippen LogP contribution in [0.25, 0.3) is 11.2 Å². The van der Waals surface area contributed by atoms with E-state index in [1.54, 1.807) is 17.1 Å². The van der Waals surface area contributed by atoms with Gasteiger partial charge in [-0.2, -0.15) is 13.9 Å². The maximum absolute atomic E-state index is 13.5. The normalized spacial score (nSPS) is 12.5. The van der Waals surface area contributed by atoms with Crippen molar-refractivity contribution in [3.8, 4) is 5.88 Å². The van der Waals surface area contributed by atoms with Gasteiger partial charge in [0.05, 0.1) is 24.6 Å². The minimum atomic E-state index is -2.97. The molecule has 0 saturated heterocycles. The Morgan fingerprint density at radius 2 is 2.04 bits per heavy atom. The van der Waals surface area contributed by atoms with Crippen molar-refractivity contribution in [3.63, 3.8) is 0 Å². The van der Waals surface area contributed by atoms with Crippen LogP contribution in [-0.2, 0) is 0 Å². The molecule has 0 saturated carbocycles. The maximum atomic E-state index is 13.5. The van der Waals surface area contributed by atoms with E-state index in [0.717, 1.165) is 6.20 Å². The molecule has 0 bridgehead atoms. The Labute approximate surface area is 155 Å². The van der Waals surface area contributed by atoms with E-state index >= 15 is 0 Å². The molecule has 4 rings (SSSR count). The van der Waals surface area contributed by atoms with Gasteiger partial charge in [-0.1, -0.05) is 0 Å². The van der Waals surface area contributed by atoms with E-state index in [0.29, 0.717) is 22.5 Å². The number of rotatable bonds is 6. The fraction of sp³-hybridized carbons (Fsp3) is 0.188. The zero-order chi connectivity index (χ0) is 19.7. The number of ether oxygens (including phenoxy) is 1. The van der Waals surface area contributed by atoms with Crippen LogP contribution in [0, 0.1) is 5.82 Å². The standard InChI is InChI=1S/C16H13F3N8O/c1-8(9-2-10(17)5-20-4-9)27-15-11(6-22-27)21-7-13(24-15)23-12-3-14(26-25-12)28-16(18)19/h2-8,16H,1H3,(H2,23,24,25,26). The minimum absolute atomic E-state index is 0.260. The van der Waals surface area contributed by atoms with Crippen molar-refractivity contribution in [3.05, 3.63) is 48.3 Å². The van der Waals surface area contributed by atoms with Crippen molar-refractivity contribution in [2.45, 2.75) is 19.6 Å². The van der Waals surface area contributed by atoms with Crippen LogP contribution in [0.1, 0.15) is 18.5 Å². The summed E-state index contributed by atoms with van der Waals surface area (Å²) in [7, 11) is 0. The number of anilines is 2. The van der Waals surface area contributed by atoms with Crippen molar-refractivity contribution in [1.82, 2.24) is 34.9 Å². The number of H-pyrrole nitrogens is 1. The summed E-state index contributed by atoms with van der Waals surface area (Å²) in [4.78, 5) is 12.6. The quantitative estimate of drug-likeness (QED) is 0.521. The summed E-state index contributed by atoms with van der Waals surface area (Å²) in [5.74, 6) is -0.0945. The van der Waals surface area contributed by atoms with Crippen LogP contribution in [0.3, 0.4) is 0 Å². The van der Waals surface area contributed by atoms with Crippen LogP contribution >= 0.6 is 0 Å². The molecule has 0 spiro atoms. The highest BCUT2D eigenvalue weighted by molar-refractivity contribution is 5.72. The monoisotopic (exact) mass is 390 g/mol. The smallest absolute Gasteiger partial charge is 0.388 e. The van der Waals surface area contributed by atoms with Gasteiger partial charge in [-0.3, -0.25) is 10.1 Å². The van der Waals surface area contributed by atoms with E-state index in [9.17, 15) is 13.2 Å². The van der Waals surface area contributed by atoms with Gasteiger partial charge in [-0.15, -0.1) is 5.10 Å². The Kier molecular flexibility index (Phi) is 4.51. The number of hydrogen-bond acceptors (Lipinski definition) is 7. The average Bonchev–Trinajstić information content (AvgIpc) is 3.27. The van der Waals surface area contributed by atoms with E-state index in [1.807, 2.05) is 6.92 Å². The first-order valence-corrected chi connectivity index (χ1v) is 8.07. The molecule has 0 aromatic carbocycles. The molecule has 4 aromatic rings. The number of halogens is 3. The molecule has 2 N–H and O–H groups in total.